The lowest BCUT2D eigenvalue weighted by Gasteiger charge is -2.24. The van der Waals surface area contributed by atoms with E-state index in [1.807, 2.05) is 17.8 Å². The molecule has 1 saturated carbocycles. The van der Waals surface area contributed by atoms with E-state index in [4.69, 9.17) is 0 Å². The quantitative estimate of drug-likeness (QED) is 0.783. The zero-order valence-electron chi connectivity index (χ0n) is 10.1. The van der Waals surface area contributed by atoms with Crippen molar-refractivity contribution in [3.05, 3.63) is 18.2 Å². The molecule has 0 spiro atoms. The van der Waals surface area contributed by atoms with Crippen LogP contribution in [0, 0.1) is 11.8 Å². The zero-order valence-corrected chi connectivity index (χ0v) is 10.1. The molecule has 0 radical (unpaired) electrons. The Morgan fingerprint density at radius 1 is 1.44 bits per heavy atom. The molecular weight excluding hydrogens is 200 g/mol. The first-order valence-corrected chi connectivity index (χ1v) is 6.15. The van der Waals surface area contributed by atoms with Gasteiger partial charge in [-0.2, -0.15) is 0 Å². The van der Waals surface area contributed by atoms with E-state index < -0.39 is 0 Å². The molecule has 0 unspecified atom stereocenters. The SMILES string of the molecule is CC1CCC(C(=O)Cc2nccn2C)CC1. The van der Waals surface area contributed by atoms with Gasteiger partial charge in [-0.05, 0) is 18.8 Å². The van der Waals surface area contributed by atoms with E-state index in [9.17, 15) is 4.79 Å². The molecule has 3 heteroatoms. The van der Waals surface area contributed by atoms with E-state index in [2.05, 4.69) is 11.9 Å². The molecule has 1 fully saturated rings. The monoisotopic (exact) mass is 220 g/mol. The summed E-state index contributed by atoms with van der Waals surface area (Å²) in [5.74, 6) is 2.36. The fraction of sp³-hybridized carbons (Fsp3) is 0.692. The summed E-state index contributed by atoms with van der Waals surface area (Å²) >= 11 is 0. The number of hydrogen-bond acceptors (Lipinski definition) is 2. The molecule has 2 rings (SSSR count). The fourth-order valence-corrected chi connectivity index (χ4v) is 2.45. The lowest BCUT2D eigenvalue weighted by Crippen LogP contribution is -2.23. The lowest BCUT2D eigenvalue weighted by molar-refractivity contribution is -0.123. The Labute approximate surface area is 96.9 Å². The maximum atomic E-state index is 12.1. The van der Waals surface area contributed by atoms with Crippen molar-refractivity contribution in [3.63, 3.8) is 0 Å². The van der Waals surface area contributed by atoms with Gasteiger partial charge in [0.1, 0.15) is 11.6 Å². The van der Waals surface area contributed by atoms with Gasteiger partial charge in [-0.25, -0.2) is 4.98 Å². The Hall–Kier alpha value is -1.12. The molecule has 1 aromatic rings. The van der Waals surface area contributed by atoms with E-state index in [1.165, 1.54) is 12.8 Å². The molecule has 1 aromatic heterocycles. The number of aromatic nitrogens is 2. The highest BCUT2D eigenvalue weighted by Crippen LogP contribution is 2.29. The smallest absolute Gasteiger partial charge is 0.143 e. The predicted molar refractivity (Wildman–Crippen MR) is 63.0 cm³/mol. The molecule has 0 saturated heterocycles. The van der Waals surface area contributed by atoms with Gasteiger partial charge in [0.25, 0.3) is 0 Å². The molecule has 3 nitrogen and oxygen atoms in total. The number of ketones is 1. The summed E-state index contributed by atoms with van der Waals surface area (Å²) in [7, 11) is 1.94. The summed E-state index contributed by atoms with van der Waals surface area (Å²) in [6, 6.07) is 0. The molecule has 0 amide bonds. The molecule has 16 heavy (non-hydrogen) atoms. The van der Waals surface area contributed by atoms with Crippen LogP contribution in [0.1, 0.15) is 38.4 Å². The van der Waals surface area contributed by atoms with Crippen LogP contribution in [0.2, 0.25) is 0 Å². The van der Waals surface area contributed by atoms with Gasteiger partial charge < -0.3 is 4.57 Å². The van der Waals surface area contributed by atoms with Crippen molar-refractivity contribution in [2.24, 2.45) is 18.9 Å². The van der Waals surface area contributed by atoms with Crippen molar-refractivity contribution in [2.75, 3.05) is 0 Å². The minimum atomic E-state index is 0.285. The van der Waals surface area contributed by atoms with Gasteiger partial charge in [0.15, 0.2) is 0 Å². The summed E-state index contributed by atoms with van der Waals surface area (Å²) in [5, 5.41) is 0. The second-order valence-corrected chi connectivity index (χ2v) is 5.05. The van der Waals surface area contributed by atoms with Gasteiger partial charge in [-0.3, -0.25) is 4.79 Å². The number of carbonyl (C=O) groups is 1. The minimum absolute atomic E-state index is 0.285. The van der Waals surface area contributed by atoms with Crippen LogP contribution in [0.3, 0.4) is 0 Å². The Morgan fingerprint density at radius 2 is 2.12 bits per heavy atom. The van der Waals surface area contributed by atoms with Crippen molar-refractivity contribution in [2.45, 2.75) is 39.0 Å². The number of imidazole rings is 1. The molecule has 0 bridgehead atoms. The van der Waals surface area contributed by atoms with Crippen molar-refractivity contribution in [3.8, 4) is 0 Å². The summed E-state index contributed by atoms with van der Waals surface area (Å²) in [6.07, 6.45) is 8.71. The Morgan fingerprint density at radius 3 is 2.69 bits per heavy atom. The highest BCUT2D eigenvalue weighted by Gasteiger charge is 2.24. The number of carbonyl (C=O) groups excluding carboxylic acids is 1. The van der Waals surface area contributed by atoms with E-state index in [-0.39, 0.29) is 5.92 Å². The molecule has 0 N–H and O–H groups in total. The number of Topliss-reactive ketones (excluding diaryl/α,β-unsaturated/α-hetero) is 1. The highest BCUT2D eigenvalue weighted by molar-refractivity contribution is 5.82. The summed E-state index contributed by atoms with van der Waals surface area (Å²) in [4.78, 5) is 16.3. The van der Waals surface area contributed by atoms with E-state index in [1.54, 1.807) is 6.20 Å². The summed E-state index contributed by atoms with van der Waals surface area (Å²) < 4.78 is 1.93. The van der Waals surface area contributed by atoms with Crippen LogP contribution in [0.25, 0.3) is 0 Å². The van der Waals surface area contributed by atoms with E-state index in [0.29, 0.717) is 12.2 Å². The molecule has 0 aromatic carbocycles. The first kappa shape index (κ1) is 11.4. The molecule has 0 aliphatic heterocycles. The lowest BCUT2D eigenvalue weighted by atomic mass is 9.80. The van der Waals surface area contributed by atoms with Crippen LogP contribution in [0.4, 0.5) is 0 Å². The topological polar surface area (TPSA) is 34.9 Å². The maximum absolute atomic E-state index is 12.1. The first-order chi connectivity index (χ1) is 7.66. The standard InChI is InChI=1S/C13H20N2O/c1-10-3-5-11(6-4-10)12(16)9-13-14-7-8-15(13)2/h7-8,10-11H,3-6,9H2,1-2H3. The second-order valence-electron chi connectivity index (χ2n) is 5.05. The van der Waals surface area contributed by atoms with Crippen LogP contribution in [-0.2, 0) is 18.3 Å². The highest BCUT2D eigenvalue weighted by atomic mass is 16.1. The fourth-order valence-electron chi connectivity index (χ4n) is 2.45. The van der Waals surface area contributed by atoms with Crippen molar-refractivity contribution >= 4 is 5.78 Å². The van der Waals surface area contributed by atoms with Gasteiger partial charge >= 0.3 is 0 Å². The zero-order chi connectivity index (χ0) is 11.5. The van der Waals surface area contributed by atoms with Crippen molar-refractivity contribution in [1.82, 2.24) is 9.55 Å². The number of rotatable bonds is 3. The van der Waals surface area contributed by atoms with Gasteiger partial charge in [-0.1, -0.05) is 19.8 Å². The molecule has 88 valence electrons. The van der Waals surface area contributed by atoms with Crippen LogP contribution in [0.5, 0.6) is 0 Å². The molecule has 0 atom stereocenters. The normalized spacial score (nSPS) is 25.6. The summed E-state index contributed by atoms with van der Waals surface area (Å²) in [5.41, 5.74) is 0. The first-order valence-electron chi connectivity index (χ1n) is 6.15. The molecule has 1 heterocycles. The minimum Gasteiger partial charge on any atom is -0.338 e. The third-order valence-electron chi connectivity index (χ3n) is 3.72. The second kappa shape index (κ2) is 4.81. The third kappa shape index (κ3) is 2.52. The van der Waals surface area contributed by atoms with Gasteiger partial charge in [0, 0.05) is 25.4 Å². The number of aryl methyl sites for hydroxylation is 1. The van der Waals surface area contributed by atoms with Crippen molar-refractivity contribution in [1.29, 1.82) is 0 Å². The van der Waals surface area contributed by atoms with Gasteiger partial charge in [0.05, 0.1) is 6.42 Å². The average Bonchev–Trinajstić information content (AvgIpc) is 2.65. The van der Waals surface area contributed by atoms with Gasteiger partial charge in [0.2, 0.25) is 0 Å². The molecule has 1 aliphatic rings. The third-order valence-corrected chi connectivity index (χ3v) is 3.72. The Bertz CT molecular complexity index is 362. The molecular formula is C13H20N2O. The van der Waals surface area contributed by atoms with E-state index >= 15 is 0 Å². The summed E-state index contributed by atoms with van der Waals surface area (Å²) in [6.45, 7) is 2.28. The van der Waals surface area contributed by atoms with Gasteiger partial charge in [-0.15, -0.1) is 0 Å². The average molecular weight is 220 g/mol. The Balaban J connectivity index is 1.91. The van der Waals surface area contributed by atoms with Crippen molar-refractivity contribution < 1.29 is 4.79 Å². The molecule has 1 aliphatic carbocycles. The number of hydrogen-bond donors (Lipinski definition) is 0. The Kier molecular flexibility index (Phi) is 3.42. The van der Waals surface area contributed by atoms with Crippen LogP contribution in [0.15, 0.2) is 12.4 Å². The van der Waals surface area contributed by atoms with Crippen LogP contribution < -0.4 is 0 Å². The van der Waals surface area contributed by atoms with E-state index in [0.717, 1.165) is 24.6 Å². The predicted octanol–water partition coefficient (Wildman–Crippen LogP) is 2.36. The van der Waals surface area contributed by atoms with Crippen LogP contribution in [-0.4, -0.2) is 15.3 Å². The number of nitrogens with zero attached hydrogens (tertiary/aromatic N) is 2. The largest absolute Gasteiger partial charge is 0.338 e. The van der Waals surface area contributed by atoms with Crippen LogP contribution >= 0.6 is 0 Å². The maximum Gasteiger partial charge on any atom is 0.143 e.